The summed E-state index contributed by atoms with van der Waals surface area (Å²) in [4.78, 5) is 18.0. The van der Waals surface area contributed by atoms with Crippen LogP contribution in [0.5, 0.6) is 5.75 Å². The number of rotatable bonds is 6. The van der Waals surface area contributed by atoms with Crippen LogP contribution < -0.4 is 9.64 Å². The van der Waals surface area contributed by atoms with Crippen LogP contribution in [0.4, 0.5) is 10.1 Å². The third-order valence-corrected chi connectivity index (χ3v) is 8.45. The van der Waals surface area contributed by atoms with Gasteiger partial charge < -0.3 is 14.5 Å². The number of piperidine rings is 1. The summed E-state index contributed by atoms with van der Waals surface area (Å²) in [5.41, 5.74) is 2.63. The van der Waals surface area contributed by atoms with Gasteiger partial charge in [-0.3, -0.25) is 4.79 Å². The normalized spacial score (nSPS) is 22.8. The Morgan fingerprint density at radius 2 is 1.92 bits per heavy atom. The van der Waals surface area contributed by atoms with Crippen molar-refractivity contribution in [2.75, 3.05) is 31.1 Å². The zero-order valence-corrected chi connectivity index (χ0v) is 22.4. The minimum Gasteiger partial charge on any atom is -0.487 e. The van der Waals surface area contributed by atoms with Gasteiger partial charge in [0.2, 0.25) is 0 Å². The summed E-state index contributed by atoms with van der Waals surface area (Å²) in [5, 5.41) is 0. The predicted molar refractivity (Wildman–Crippen MR) is 148 cm³/mol. The highest BCUT2D eigenvalue weighted by atomic mass is 19.1. The Labute approximate surface area is 221 Å². The maximum absolute atomic E-state index is 15.2. The fraction of sp³-hybridized carbons (Fsp3) is 0.531. The number of carbonyl (C=O) groups excluding carboxylic acids is 1. The van der Waals surface area contributed by atoms with Crippen LogP contribution >= 0.6 is 0 Å². The summed E-state index contributed by atoms with van der Waals surface area (Å²) in [7, 11) is 0. The monoisotopic (exact) mass is 504 g/mol. The first-order chi connectivity index (χ1) is 17.9. The van der Waals surface area contributed by atoms with Crippen molar-refractivity contribution in [1.29, 1.82) is 0 Å². The summed E-state index contributed by atoms with van der Waals surface area (Å²) >= 11 is 0. The smallest absolute Gasteiger partial charge is 0.258 e. The molecule has 0 N–H and O–H groups in total. The SMILES string of the molecule is CC(C)CCN1CCC(Oc2ccc(C(=O)N3CCC4(C=CCCC4)Cc4ccccc43)cc2F)CC1. The molecule has 0 bridgehead atoms. The van der Waals surface area contributed by atoms with E-state index in [2.05, 4.69) is 37.0 Å². The molecule has 5 rings (SSSR count). The minimum absolute atomic E-state index is 0.0172. The van der Waals surface area contributed by atoms with E-state index in [9.17, 15) is 4.79 Å². The summed E-state index contributed by atoms with van der Waals surface area (Å²) in [6.07, 6.45) is 13.0. The Balaban J connectivity index is 1.26. The van der Waals surface area contributed by atoms with E-state index in [1.54, 1.807) is 12.1 Å². The fourth-order valence-corrected chi connectivity index (χ4v) is 6.16. The second-order valence-corrected chi connectivity index (χ2v) is 11.7. The summed E-state index contributed by atoms with van der Waals surface area (Å²) in [6, 6.07) is 12.9. The first-order valence-corrected chi connectivity index (χ1v) is 14.2. The van der Waals surface area contributed by atoms with E-state index in [0.717, 1.165) is 63.8 Å². The molecule has 0 aromatic heterocycles. The van der Waals surface area contributed by atoms with Crippen molar-refractivity contribution in [2.24, 2.45) is 11.3 Å². The molecule has 2 aromatic carbocycles. The number of likely N-dealkylation sites (tertiary alicyclic amines) is 1. The molecule has 1 saturated heterocycles. The van der Waals surface area contributed by atoms with Crippen LogP contribution in [-0.2, 0) is 6.42 Å². The molecule has 1 spiro atoms. The van der Waals surface area contributed by atoms with Crippen LogP contribution in [0, 0.1) is 17.2 Å². The number of nitrogens with zero attached hydrogens (tertiary/aromatic N) is 2. The van der Waals surface area contributed by atoms with Crippen molar-refractivity contribution in [3.8, 4) is 5.75 Å². The fourth-order valence-electron chi connectivity index (χ4n) is 6.16. The molecular weight excluding hydrogens is 463 g/mol. The van der Waals surface area contributed by atoms with Crippen molar-refractivity contribution in [3.05, 3.63) is 71.6 Å². The van der Waals surface area contributed by atoms with Gasteiger partial charge in [0.15, 0.2) is 11.6 Å². The van der Waals surface area contributed by atoms with Crippen LogP contribution in [0.25, 0.3) is 0 Å². The minimum atomic E-state index is -0.456. The van der Waals surface area contributed by atoms with Crippen molar-refractivity contribution >= 4 is 11.6 Å². The number of ether oxygens (including phenoxy) is 1. The largest absolute Gasteiger partial charge is 0.487 e. The Morgan fingerprint density at radius 3 is 2.65 bits per heavy atom. The van der Waals surface area contributed by atoms with E-state index < -0.39 is 5.82 Å². The number of amides is 1. The van der Waals surface area contributed by atoms with Gasteiger partial charge in [0.25, 0.3) is 5.91 Å². The molecule has 1 atom stereocenters. The quantitative estimate of drug-likeness (QED) is 0.396. The van der Waals surface area contributed by atoms with Gasteiger partial charge in [0.05, 0.1) is 0 Å². The van der Waals surface area contributed by atoms with Crippen LogP contribution in [-0.4, -0.2) is 43.1 Å². The van der Waals surface area contributed by atoms with E-state index in [-0.39, 0.29) is 23.2 Å². The van der Waals surface area contributed by atoms with Gasteiger partial charge in [0, 0.05) is 30.9 Å². The first-order valence-electron chi connectivity index (χ1n) is 14.2. The highest BCUT2D eigenvalue weighted by molar-refractivity contribution is 6.06. The molecule has 3 aliphatic rings. The molecule has 5 heteroatoms. The van der Waals surface area contributed by atoms with Crippen molar-refractivity contribution in [2.45, 2.75) is 71.3 Å². The number of fused-ring (bicyclic) bond motifs is 1. The summed E-state index contributed by atoms with van der Waals surface area (Å²) in [5.74, 6) is 0.355. The molecule has 1 unspecified atom stereocenters. The Bertz CT molecular complexity index is 1120. The van der Waals surface area contributed by atoms with E-state index in [0.29, 0.717) is 18.0 Å². The molecular formula is C32H41FN2O2. The van der Waals surface area contributed by atoms with E-state index in [1.165, 1.54) is 24.5 Å². The maximum Gasteiger partial charge on any atom is 0.258 e. The molecule has 0 saturated carbocycles. The number of halogens is 1. The van der Waals surface area contributed by atoms with Gasteiger partial charge in [-0.2, -0.15) is 0 Å². The van der Waals surface area contributed by atoms with Crippen LogP contribution in [0.15, 0.2) is 54.6 Å². The number of para-hydroxylation sites is 1. The zero-order valence-electron chi connectivity index (χ0n) is 22.4. The highest BCUT2D eigenvalue weighted by Crippen LogP contribution is 2.43. The number of hydrogen-bond acceptors (Lipinski definition) is 3. The molecule has 2 aliphatic heterocycles. The summed E-state index contributed by atoms with van der Waals surface area (Å²) < 4.78 is 21.2. The molecule has 37 heavy (non-hydrogen) atoms. The van der Waals surface area contributed by atoms with Gasteiger partial charge in [0.1, 0.15) is 6.10 Å². The number of benzene rings is 2. The third kappa shape index (κ3) is 6.09. The lowest BCUT2D eigenvalue weighted by Crippen LogP contribution is -2.39. The Kier molecular flexibility index (Phi) is 7.99. The van der Waals surface area contributed by atoms with Gasteiger partial charge in [-0.1, -0.05) is 44.2 Å². The Hall–Kier alpha value is -2.66. The van der Waals surface area contributed by atoms with Crippen molar-refractivity contribution < 1.29 is 13.9 Å². The molecule has 4 nitrogen and oxygen atoms in total. The zero-order chi connectivity index (χ0) is 25.8. The lowest BCUT2D eigenvalue weighted by atomic mass is 9.72. The van der Waals surface area contributed by atoms with E-state index in [1.807, 2.05) is 23.1 Å². The molecule has 1 fully saturated rings. The van der Waals surface area contributed by atoms with Gasteiger partial charge in [-0.15, -0.1) is 0 Å². The van der Waals surface area contributed by atoms with Crippen molar-refractivity contribution in [3.63, 3.8) is 0 Å². The Morgan fingerprint density at radius 1 is 1.11 bits per heavy atom. The molecule has 0 radical (unpaired) electrons. The lowest BCUT2D eigenvalue weighted by Gasteiger charge is -2.32. The first kappa shape index (κ1) is 26.0. The number of hydrogen-bond donors (Lipinski definition) is 0. The van der Waals surface area contributed by atoms with Crippen molar-refractivity contribution in [1.82, 2.24) is 4.90 Å². The van der Waals surface area contributed by atoms with Crippen LogP contribution in [0.2, 0.25) is 0 Å². The topological polar surface area (TPSA) is 32.8 Å². The molecule has 2 heterocycles. The number of allylic oxidation sites excluding steroid dienone is 2. The van der Waals surface area contributed by atoms with Gasteiger partial charge in [-0.25, -0.2) is 4.39 Å². The summed E-state index contributed by atoms with van der Waals surface area (Å²) in [6.45, 7) is 8.23. The molecule has 1 aliphatic carbocycles. The third-order valence-electron chi connectivity index (χ3n) is 8.45. The predicted octanol–water partition coefficient (Wildman–Crippen LogP) is 7.03. The average molecular weight is 505 g/mol. The second-order valence-electron chi connectivity index (χ2n) is 11.7. The number of carbonyl (C=O) groups is 1. The van der Waals surface area contributed by atoms with Crippen LogP contribution in [0.1, 0.15) is 74.7 Å². The second kappa shape index (κ2) is 11.4. The standard InChI is InChI=1S/C32H41FN2O2/c1-24(2)12-18-34-19-13-27(14-20-34)37-30-11-10-25(22-28(30)33)31(36)35-21-17-32(15-6-3-7-16-32)23-26-8-4-5-9-29(26)35/h4-6,8-11,15,22,24,27H,3,7,12-14,16-21,23H2,1-2H3. The molecule has 1 amide bonds. The molecule has 198 valence electrons. The maximum atomic E-state index is 15.2. The van der Waals surface area contributed by atoms with Crippen LogP contribution in [0.3, 0.4) is 0 Å². The van der Waals surface area contributed by atoms with E-state index >= 15 is 4.39 Å². The van der Waals surface area contributed by atoms with Gasteiger partial charge >= 0.3 is 0 Å². The molecule has 2 aromatic rings. The van der Waals surface area contributed by atoms with E-state index in [4.69, 9.17) is 4.74 Å². The number of anilines is 1. The average Bonchev–Trinajstić information content (AvgIpc) is 3.06. The lowest BCUT2D eigenvalue weighted by molar-refractivity contribution is 0.0944. The highest BCUT2D eigenvalue weighted by Gasteiger charge is 2.35. The van der Waals surface area contributed by atoms with Gasteiger partial charge in [-0.05, 0) is 99.1 Å².